The van der Waals surface area contributed by atoms with Gasteiger partial charge in [0.15, 0.2) is 0 Å². The third-order valence-corrected chi connectivity index (χ3v) is 3.81. The molecule has 1 heterocycles. The molecule has 0 bridgehead atoms. The fourth-order valence-electron chi connectivity index (χ4n) is 2.71. The molecule has 0 spiro atoms. The van der Waals surface area contributed by atoms with E-state index < -0.39 is 0 Å². The first-order valence-electron chi connectivity index (χ1n) is 6.96. The lowest BCUT2D eigenvalue weighted by molar-refractivity contribution is -0.0774. The van der Waals surface area contributed by atoms with Crippen molar-refractivity contribution in [2.24, 2.45) is 5.41 Å². The van der Waals surface area contributed by atoms with Gasteiger partial charge < -0.3 is 10.1 Å². The summed E-state index contributed by atoms with van der Waals surface area (Å²) in [6.07, 6.45) is 0.730. The maximum absolute atomic E-state index is 5.78. The molecule has 0 saturated carbocycles. The van der Waals surface area contributed by atoms with Crippen molar-refractivity contribution in [3.63, 3.8) is 0 Å². The lowest BCUT2D eigenvalue weighted by atomic mass is 9.84. The van der Waals surface area contributed by atoms with E-state index in [1.54, 1.807) is 0 Å². The molecular formula is C14H30N2O. The minimum absolute atomic E-state index is 0.298. The normalized spacial score (nSPS) is 29.3. The van der Waals surface area contributed by atoms with Crippen LogP contribution in [-0.4, -0.2) is 49.3 Å². The molecule has 1 aliphatic rings. The van der Waals surface area contributed by atoms with Gasteiger partial charge in [0.05, 0.1) is 12.2 Å². The fourth-order valence-corrected chi connectivity index (χ4v) is 2.71. The van der Waals surface area contributed by atoms with E-state index in [1.165, 1.54) is 0 Å². The van der Waals surface area contributed by atoms with Gasteiger partial charge in [0.1, 0.15) is 0 Å². The molecule has 0 aliphatic carbocycles. The van der Waals surface area contributed by atoms with Crippen LogP contribution in [0.15, 0.2) is 0 Å². The minimum atomic E-state index is 0.298. The highest BCUT2D eigenvalue weighted by Gasteiger charge is 2.31. The van der Waals surface area contributed by atoms with Crippen LogP contribution in [0.2, 0.25) is 0 Å². The molecule has 17 heavy (non-hydrogen) atoms. The van der Waals surface area contributed by atoms with E-state index in [0.717, 1.165) is 26.2 Å². The summed E-state index contributed by atoms with van der Waals surface area (Å²) >= 11 is 0. The van der Waals surface area contributed by atoms with Crippen LogP contribution in [-0.2, 0) is 4.74 Å². The number of hydrogen-bond donors (Lipinski definition) is 1. The molecule has 0 radical (unpaired) electrons. The summed E-state index contributed by atoms with van der Waals surface area (Å²) in [4.78, 5) is 2.55. The summed E-state index contributed by atoms with van der Waals surface area (Å²) in [5.74, 6) is 0. The van der Waals surface area contributed by atoms with E-state index in [2.05, 4.69) is 51.8 Å². The van der Waals surface area contributed by atoms with Gasteiger partial charge in [-0.2, -0.15) is 0 Å². The summed E-state index contributed by atoms with van der Waals surface area (Å²) in [6, 6.07) is 0.543. The summed E-state index contributed by atoms with van der Waals surface area (Å²) < 4.78 is 5.78. The van der Waals surface area contributed by atoms with Gasteiger partial charge in [-0.1, -0.05) is 20.8 Å². The van der Waals surface area contributed by atoms with Gasteiger partial charge >= 0.3 is 0 Å². The molecule has 1 rings (SSSR count). The number of morpholine rings is 1. The van der Waals surface area contributed by atoms with Crippen molar-refractivity contribution in [1.82, 2.24) is 10.2 Å². The molecule has 0 amide bonds. The Balaban J connectivity index is 2.51. The summed E-state index contributed by atoms with van der Waals surface area (Å²) in [5, 5.41) is 3.54. The third-order valence-electron chi connectivity index (χ3n) is 3.81. The first-order valence-corrected chi connectivity index (χ1v) is 6.96. The maximum Gasteiger partial charge on any atom is 0.0678 e. The molecule has 0 aromatic rings. The van der Waals surface area contributed by atoms with Crippen molar-refractivity contribution < 1.29 is 4.74 Å². The second kappa shape index (κ2) is 6.17. The van der Waals surface area contributed by atoms with Crippen LogP contribution in [0.1, 0.15) is 41.5 Å². The molecular weight excluding hydrogens is 212 g/mol. The van der Waals surface area contributed by atoms with Crippen molar-refractivity contribution in [2.45, 2.75) is 59.8 Å². The number of ether oxygens (including phenoxy) is 1. The van der Waals surface area contributed by atoms with Gasteiger partial charge in [0.2, 0.25) is 0 Å². The van der Waals surface area contributed by atoms with E-state index in [0.29, 0.717) is 23.7 Å². The van der Waals surface area contributed by atoms with Gasteiger partial charge in [0.25, 0.3) is 0 Å². The molecule has 1 aliphatic heterocycles. The van der Waals surface area contributed by atoms with E-state index in [1.807, 2.05) is 0 Å². The van der Waals surface area contributed by atoms with Crippen LogP contribution in [0.25, 0.3) is 0 Å². The number of nitrogens with one attached hydrogen (secondary N) is 1. The zero-order chi connectivity index (χ0) is 13.1. The van der Waals surface area contributed by atoms with Crippen LogP contribution < -0.4 is 5.32 Å². The third kappa shape index (κ3) is 4.57. The molecule has 3 nitrogen and oxygen atoms in total. The average molecular weight is 242 g/mol. The Hall–Kier alpha value is -0.120. The van der Waals surface area contributed by atoms with Gasteiger partial charge in [-0.05, 0) is 32.7 Å². The Kier molecular flexibility index (Phi) is 5.42. The maximum atomic E-state index is 5.78. The van der Waals surface area contributed by atoms with E-state index in [4.69, 9.17) is 4.74 Å². The fraction of sp³-hybridized carbons (Fsp3) is 1.00. The van der Waals surface area contributed by atoms with E-state index >= 15 is 0 Å². The molecule has 1 fully saturated rings. The summed E-state index contributed by atoms with van der Waals surface area (Å²) in [5.41, 5.74) is 0.298. The average Bonchev–Trinajstić information content (AvgIpc) is 2.15. The Labute approximate surface area is 107 Å². The van der Waals surface area contributed by atoms with Crippen molar-refractivity contribution in [3.05, 3.63) is 0 Å². The van der Waals surface area contributed by atoms with Crippen molar-refractivity contribution in [3.8, 4) is 0 Å². The summed E-state index contributed by atoms with van der Waals surface area (Å²) in [7, 11) is 0. The topological polar surface area (TPSA) is 24.5 Å². The number of nitrogens with zero attached hydrogens (tertiary/aromatic N) is 1. The second-order valence-electron chi connectivity index (χ2n) is 6.22. The predicted molar refractivity (Wildman–Crippen MR) is 73.4 cm³/mol. The molecule has 1 unspecified atom stereocenters. The van der Waals surface area contributed by atoms with Gasteiger partial charge in [-0.15, -0.1) is 0 Å². The van der Waals surface area contributed by atoms with Gasteiger partial charge in [-0.25, -0.2) is 0 Å². The number of rotatable bonds is 5. The van der Waals surface area contributed by atoms with Crippen molar-refractivity contribution in [2.75, 3.05) is 26.2 Å². The van der Waals surface area contributed by atoms with Crippen molar-refractivity contribution >= 4 is 0 Å². The number of hydrogen-bond acceptors (Lipinski definition) is 3. The quantitative estimate of drug-likeness (QED) is 0.799. The summed E-state index contributed by atoms with van der Waals surface area (Å²) in [6.45, 7) is 17.8. The smallest absolute Gasteiger partial charge is 0.0678 e. The molecule has 3 atom stereocenters. The monoisotopic (exact) mass is 242 g/mol. The van der Waals surface area contributed by atoms with Crippen LogP contribution in [0, 0.1) is 5.41 Å². The largest absolute Gasteiger partial charge is 0.373 e. The first-order chi connectivity index (χ1) is 7.85. The highest BCUT2D eigenvalue weighted by atomic mass is 16.5. The first kappa shape index (κ1) is 14.9. The Morgan fingerprint density at radius 2 is 1.82 bits per heavy atom. The molecule has 0 aromatic heterocycles. The standard InChI is InChI=1S/C14H30N2O/c1-7-15-13(4)14(5,6)10-16-8-11(2)17-12(3)9-16/h11-13,15H,7-10H2,1-6H3/t11-,12+,13?. The molecule has 1 saturated heterocycles. The predicted octanol–water partition coefficient (Wildman–Crippen LogP) is 2.12. The zero-order valence-electron chi connectivity index (χ0n) is 12.4. The zero-order valence-corrected chi connectivity index (χ0v) is 12.4. The second-order valence-corrected chi connectivity index (χ2v) is 6.22. The molecule has 102 valence electrons. The van der Waals surface area contributed by atoms with Crippen LogP contribution in [0.4, 0.5) is 0 Å². The van der Waals surface area contributed by atoms with E-state index in [9.17, 15) is 0 Å². The molecule has 0 aromatic carbocycles. The highest BCUT2D eigenvalue weighted by Crippen LogP contribution is 2.24. The SMILES string of the molecule is CCNC(C)C(C)(C)CN1C[C@@H](C)O[C@@H](C)C1. The Morgan fingerprint density at radius 1 is 1.29 bits per heavy atom. The minimum Gasteiger partial charge on any atom is -0.373 e. The van der Waals surface area contributed by atoms with Gasteiger partial charge in [0, 0.05) is 25.7 Å². The lowest BCUT2D eigenvalue weighted by Crippen LogP contribution is -2.52. The molecule has 1 N–H and O–H groups in total. The van der Waals surface area contributed by atoms with Crippen LogP contribution >= 0.6 is 0 Å². The Morgan fingerprint density at radius 3 is 2.29 bits per heavy atom. The Bertz CT molecular complexity index is 220. The lowest BCUT2D eigenvalue weighted by Gasteiger charge is -2.42. The van der Waals surface area contributed by atoms with Crippen molar-refractivity contribution in [1.29, 1.82) is 0 Å². The van der Waals surface area contributed by atoms with Crippen LogP contribution in [0.5, 0.6) is 0 Å². The van der Waals surface area contributed by atoms with Gasteiger partial charge in [-0.3, -0.25) is 4.90 Å². The van der Waals surface area contributed by atoms with Crippen LogP contribution in [0.3, 0.4) is 0 Å². The highest BCUT2D eigenvalue weighted by molar-refractivity contribution is 4.86. The van der Waals surface area contributed by atoms with E-state index in [-0.39, 0.29) is 0 Å². The molecule has 3 heteroatoms.